The maximum atomic E-state index is 13.5. The molecule has 1 unspecified atom stereocenters. The number of Topliss-reactive ketones (excluding diaryl/α,β-unsaturated/α-hetero) is 1. The predicted molar refractivity (Wildman–Crippen MR) is 133 cm³/mol. The molecular weight excluding hydrogens is 444 g/mol. The molecular formula is C28H32O5Si. The highest BCUT2D eigenvalue weighted by Crippen LogP contribution is 2.55. The molecule has 2 aromatic carbocycles. The van der Waals surface area contributed by atoms with Crippen LogP contribution in [0.5, 0.6) is 0 Å². The second-order valence-electron chi connectivity index (χ2n) is 9.98. The highest BCUT2D eigenvalue weighted by Gasteiger charge is 2.58. The van der Waals surface area contributed by atoms with E-state index in [1.165, 1.54) is 17.5 Å². The van der Waals surface area contributed by atoms with Gasteiger partial charge in [-0.25, -0.2) is 0 Å². The smallest absolute Gasteiger partial charge is 0.316 e. The Hall–Kier alpha value is -2.54. The Morgan fingerprint density at radius 2 is 1.53 bits per heavy atom. The standard InChI is InChI=1S/C28H32O5Si/c1-31-26(30)27-15-14-25(29)23(24(27)13-16-28(20-27)32-17-18-33-28)19-34(2,21-9-5-3-6-10-21)22-11-7-4-8-12-22/h3-12H,13-20H2,1-2H3. The second-order valence-corrected chi connectivity index (χ2v) is 14.2. The molecule has 1 saturated carbocycles. The van der Waals surface area contributed by atoms with Crippen LogP contribution in [0.4, 0.5) is 0 Å². The Kier molecular flexibility index (Phi) is 6.08. The number of esters is 1. The topological polar surface area (TPSA) is 61.8 Å². The van der Waals surface area contributed by atoms with Gasteiger partial charge in [-0.15, -0.1) is 0 Å². The number of hydrogen-bond donors (Lipinski definition) is 0. The molecule has 0 N–H and O–H groups in total. The molecule has 6 heteroatoms. The van der Waals surface area contributed by atoms with Crippen molar-refractivity contribution >= 4 is 30.2 Å². The van der Waals surface area contributed by atoms with E-state index in [1.807, 2.05) is 12.1 Å². The summed E-state index contributed by atoms with van der Waals surface area (Å²) >= 11 is 0. The maximum Gasteiger partial charge on any atom is 0.316 e. The van der Waals surface area contributed by atoms with Crippen molar-refractivity contribution in [2.24, 2.45) is 5.41 Å². The Balaban J connectivity index is 1.64. The van der Waals surface area contributed by atoms with E-state index in [1.54, 1.807) is 0 Å². The summed E-state index contributed by atoms with van der Waals surface area (Å²) in [6, 6.07) is 21.7. The van der Waals surface area contributed by atoms with E-state index in [2.05, 4.69) is 55.1 Å². The van der Waals surface area contributed by atoms with Crippen molar-refractivity contribution in [3.63, 3.8) is 0 Å². The van der Waals surface area contributed by atoms with Gasteiger partial charge in [0.05, 0.1) is 25.7 Å². The van der Waals surface area contributed by atoms with E-state index in [9.17, 15) is 9.59 Å². The summed E-state index contributed by atoms with van der Waals surface area (Å²) in [5, 5.41) is 2.57. The highest BCUT2D eigenvalue weighted by atomic mass is 28.3. The molecule has 0 aromatic heterocycles. The fourth-order valence-corrected chi connectivity index (χ4v) is 10.0. The number of rotatable bonds is 5. The molecule has 1 spiro atoms. The van der Waals surface area contributed by atoms with E-state index in [0.29, 0.717) is 51.4 Å². The summed E-state index contributed by atoms with van der Waals surface area (Å²) < 4.78 is 17.4. The molecule has 1 atom stereocenters. The molecule has 0 amide bonds. The first-order chi connectivity index (χ1) is 16.4. The summed E-state index contributed by atoms with van der Waals surface area (Å²) in [5.41, 5.74) is 0.945. The zero-order valence-corrected chi connectivity index (χ0v) is 21.0. The third-order valence-corrected chi connectivity index (χ3v) is 12.4. The molecule has 5 nitrogen and oxygen atoms in total. The molecule has 1 aliphatic heterocycles. The van der Waals surface area contributed by atoms with Crippen molar-refractivity contribution in [3.05, 3.63) is 71.8 Å². The van der Waals surface area contributed by atoms with E-state index in [-0.39, 0.29) is 11.8 Å². The zero-order chi connectivity index (χ0) is 23.8. The Morgan fingerprint density at radius 1 is 0.941 bits per heavy atom. The molecule has 178 valence electrons. The molecule has 5 rings (SSSR count). The van der Waals surface area contributed by atoms with Gasteiger partial charge < -0.3 is 14.2 Å². The van der Waals surface area contributed by atoms with Crippen LogP contribution in [0.2, 0.25) is 12.6 Å². The molecule has 2 aliphatic carbocycles. The van der Waals surface area contributed by atoms with Crippen LogP contribution in [0, 0.1) is 5.41 Å². The SMILES string of the molecule is COC(=O)C12CCC(=O)C(C[Si](C)(c3ccccc3)c3ccccc3)=C1CCC1(C2)OCCO1. The van der Waals surface area contributed by atoms with E-state index < -0.39 is 19.3 Å². The van der Waals surface area contributed by atoms with Gasteiger partial charge in [0.2, 0.25) is 0 Å². The van der Waals surface area contributed by atoms with E-state index in [0.717, 1.165) is 11.1 Å². The van der Waals surface area contributed by atoms with E-state index in [4.69, 9.17) is 14.2 Å². The monoisotopic (exact) mass is 476 g/mol. The van der Waals surface area contributed by atoms with Crippen LogP contribution in [0.25, 0.3) is 0 Å². The molecule has 2 aromatic rings. The number of ketones is 1. The lowest BCUT2D eigenvalue weighted by molar-refractivity contribution is -0.202. The Morgan fingerprint density at radius 3 is 2.09 bits per heavy atom. The van der Waals surface area contributed by atoms with Gasteiger partial charge in [0, 0.05) is 19.3 Å². The number of benzene rings is 2. The van der Waals surface area contributed by atoms with Gasteiger partial charge >= 0.3 is 5.97 Å². The minimum Gasteiger partial charge on any atom is -0.468 e. The molecule has 34 heavy (non-hydrogen) atoms. The van der Waals surface area contributed by atoms with Gasteiger partial charge in [-0.3, -0.25) is 9.59 Å². The van der Waals surface area contributed by atoms with Crippen LogP contribution in [0.3, 0.4) is 0 Å². The second kappa shape index (κ2) is 8.91. The number of hydrogen-bond acceptors (Lipinski definition) is 5. The van der Waals surface area contributed by atoms with Gasteiger partial charge in [-0.05, 0) is 30.0 Å². The first kappa shape index (κ1) is 23.2. The number of allylic oxidation sites excluding steroid dienone is 1. The van der Waals surface area contributed by atoms with Gasteiger partial charge in [0.1, 0.15) is 8.07 Å². The predicted octanol–water partition coefficient (Wildman–Crippen LogP) is 3.63. The third-order valence-electron chi connectivity index (χ3n) is 8.13. The number of fused-ring (bicyclic) bond motifs is 1. The lowest BCUT2D eigenvalue weighted by Crippen LogP contribution is -2.57. The van der Waals surface area contributed by atoms with Gasteiger partial charge in [0.25, 0.3) is 0 Å². The third kappa shape index (κ3) is 3.78. The van der Waals surface area contributed by atoms with Gasteiger partial charge in [-0.1, -0.05) is 77.6 Å². The fourth-order valence-electron chi connectivity index (χ4n) is 6.31. The average Bonchev–Trinajstić information content (AvgIpc) is 3.33. The Bertz CT molecular complexity index is 1060. The highest BCUT2D eigenvalue weighted by molar-refractivity contribution is 7.02. The lowest BCUT2D eigenvalue weighted by atomic mass is 9.61. The molecule has 0 radical (unpaired) electrons. The quantitative estimate of drug-likeness (QED) is 0.487. The first-order valence-corrected chi connectivity index (χ1v) is 14.9. The van der Waals surface area contributed by atoms with Crippen LogP contribution in [-0.2, 0) is 23.8 Å². The minimum absolute atomic E-state index is 0.171. The molecule has 1 saturated heterocycles. The van der Waals surface area contributed by atoms with Crippen LogP contribution in [-0.4, -0.2) is 45.9 Å². The summed E-state index contributed by atoms with van der Waals surface area (Å²) in [4.78, 5) is 26.9. The number of carbonyl (C=O) groups excluding carboxylic acids is 2. The van der Waals surface area contributed by atoms with Gasteiger partial charge in [-0.2, -0.15) is 0 Å². The van der Waals surface area contributed by atoms with Crippen molar-refractivity contribution in [2.75, 3.05) is 20.3 Å². The summed E-state index contributed by atoms with van der Waals surface area (Å²) in [7, 11) is -0.879. The van der Waals surface area contributed by atoms with E-state index >= 15 is 0 Å². The van der Waals surface area contributed by atoms with Crippen LogP contribution in [0.15, 0.2) is 71.8 Å². The largest absolute Gasteiger partial charge is 0.468 e. The molecule has 2 fully saturated rings. The maximum absolute atomic E-state index is 13.5. The van der Waals surface area contributed by atoms with Gasteiger partial charge in [0.15, 0.2) is 11.6 Å². The van der Waals surface area contributed by atoms with Crippen LogP contribution < -0.4 is 10.4 Å². The van der Waals surface area contributed by atoms with Crippen molar-refractivity contribution in [3.8, 4) is 0 Å². The average molecular weight is 477 g/mol. The van der Waals surface area contributed by atoms with Crippen molar-refractivity contribution < 1.29 is 23.8 Å². The van der Waals surface area contributed by atoms with Crippen molar-refractivity contribution in [1.29, 1.82) is 0 Å². The summed E-state index contributed by atoms with van der Waals surface area (Å²) in [6.45, 7) is 3.41. The summed E-state index contributed by atoms with van der Waals surface area (Å²) in [6.07, 6.45) is 2.50. The molecule has 1 heterocycles. The fraction of sp³-hybridized carbons (Fsp3) is 0.429. The van der Waals surface area contributed by atoms with Crippen LogP contribution >= 0.6 is 0 Å². The summed E-state index contributed by atoms with van der Waals surface area (Å²) in [5.74, 6) is -0.847. The van der Waals surface area contributed by atoms with Crippen molar-refractivity contribution in [2.45, 2.75) is 50.5 Å². The zero-order valence-electron chi connectivity index (χ0n) is 20.0. The molecule has 3 aliphatic rings. The normalized spacial score (nSPS) is 24.2. The number of carbonyl (C=O) groups is 2. The van der Waals surface area contributed by atoms with Crippen molar-refractivity contribution in [1.82, 2.24) is 0 Å². The number of ether oxygens (including phenoxy) is 3. The molecule has 0 bridgehead atoms. The minimum atomic E-state index is -2.32. The van der Waals surface area contributed by atoms with Crippen LogP contribution in [0.1, 0.15) is 32.1 Å². The number of methoxy groups -OCH3 is 1. The Labute approximate surface area is 202 Å². The first-order valence-electron chi connectivity index (χ1n) is 12.2. The lowest BCUT2D eigenvalue weighted by Gasteiger charge is -2.48.